The lowest BCUT2D eigenvalue weighted by molar-refractivity contribution is 0.126. The van der Waals surface area contributed by atoms with Gasteiger partial charge in [0.2, 0.25) is 0 Å². The van der Waals surface area contributed by atoms with Crippen molar-refractivity contribution in [3.8, 4) is 0 Å². The standard InChI is InChI=1S/C11H14F2N2O/c12-7-5-10(13)11(14-6-7)15-8-1-3-9(16)4-2-8/h5-6,8-9,16H,1-4H2,(H,14,15). The quantitative estimate of drug-likeness (QED) is 0.814. The van der Waals surface area contributed by atoms with Crippen LogP contribution in [-0.4, -0.2) is 22.2 Å². The van der Waals surface area contributed by atoms with Crippen molar-refractivity contribution in [2.24, 2.45) is 0 Å². The molecule has 2 N–H and O–H groups in total. The molecule has 1 aliphatic carbocycles. The molecule has 0 aliphatic heterocycles. The van der Waals surface area contributed by atoms with E-state index in [0.717, 1.165) is 25.1 Å². The molecule has 0 unspecified atom stereocenters. The molecule has 88 valence electrons. The smallest absolute Gasteiger partial charge is 0.168 e. The zero-order valence-electron chi connectivity index (χ0n) is 8.79. The topological polar surface area (TPSA) is 45.1 Å². The highest BCUT2D eigenvalue weighted by Gasteiger charge is 2.20. The van der Waals surface area contributed by atoms with Gasteiger partial charge in [-0.2, -0.15) is 0 Å². The van der Waals surface area contributed by atoms with E-state index in [1.54, 1.807) is 0 Å². The summed E-state index contributed by atoms with van der Waals surface area (Å²) in [6.07, 6.45) is 3.72. The van der Waals surface area contributed by atoms with Crippen LogP contribution in [0.5, 0.6) is 0 Å². The normalized spacial score (nSPS) is 25.4. The van der Waals surface area contributed by atoms with Crippen LogP contribution in [0.3, 0.4) is 0 Å². The second-order valence-electron chi connectivity index (χ2n) is 4.13. The monoisotopic (exact) mass is 228 g/mol. The Bertz CT molecular complexity index is 365. The molecular weight excluding hydrogens is 214 g/mol. The number of pyridine rings is 1. The predicted molar refractivity (Wildman–Crippen MR) is 56.0 cm³/mol. The number of hydrogen-bond acceptors (Lipinski definition) is 3. The molecule has 16 heavy (non-hydrogen) atoms. The molecule has 1 fully saturated rings. The first-order valence-corrected chi connectivity index (χ1v) is 5.41. The van der Waals surface area contributed by atoms with E-state index in [9.17, 15) is 13.9 Å². The summed E-state index contributed by atoms with van der Waals surface area (Å²) < 4.78 is 25.9. The molecule has 1 aromatic rings. The SMILES string of the molecule is OC1CCC(Nc2ncc(F)cc2F)CC1. The highest BCUT2D eigenvalue weighted by atomic mass is 19.1. The van der Waals surface area contributed by atoms with Crippen LogP contribution in [0.2, 0.25) is 0 Å². The Labute approximate surface area is 92.5 Å². The van der Waals surface area contributed by atoms with E-state index < -0.39 is 11.6 Å². The fraction of sp³-hybridized carbons (Fsp3) is 0.545. The largest absolute Gasteiger partial charge is 0.393 e. The van der Waals surface area contributed by atoms with E-state index in [4.69, 9.17) is 0 Å². The van der Waals surface area contributed by atoms with E-state index in [2.05, 4.69) is 10.3 Å². The minimum atomic E-state index is -0.679. The van der Waals surface area contributed by atoms with Crippen LogP contribution in [-0.2, 0) is 0 Å². The highest BCUT2D eigenvalue weighted by Crippen LogP contribution is 2.22. The van der Waals surface area contributed by atoms with Gasteiger partial charge in [-0.25, -0.2) is 13.8 Å². The zero-order chi connectivity index (χ0) is 11.5. The van der Waals surface area contributed by atoms with Crippen molar-refractivity contribution in [1.29, 1.82) is 0 Å². The van der Waals surface area contributed by atoms with E-state index >= 15 is 0 Å². The van der Waals surface area contributed by atoms with Gasteiger partial charge in [0.1, 0.15) is 5.82 Å². The number of aliphatic hydroxyl groups excluding tert-OH is 1. The molecule has 0 radical (unpaired) electrons. The van der Waals surface area contributed by atoms with E-state index in [0.29, 0.717) is 12.8 Å². The second kappa shape index (κ2) is 4.74. The third-order valence-corrected chi connectivity index (χ3v) is 2.85. The first-order valence-electron chi connectivity index (χ1n) is 5.41. The van der Waals surface area contributed by atoms with Crippen molar-refractivity contribution in [3.05, 3.63) is 23.9 Å². The summed E-state index contributed by atoms with van der Waals surface area (Å²) in [5.74, 6) is -1.27. The molecule has 5 heteroatoms. The van der Waals surface area contributed by atoms with Crippen LogP contribution in [0.1, 0.15) is 25.7 Å². The molecule has 2 rings (SSSR count). The summed E-state index contributed by atoms with van der Waals surface area (Å²) in [5.41, 5.74) is 0. The number of aliphatic hydroxyl groups is 1. The van der Waals surface area contributed by atoms with Crippen LogP contribution in [0, 0.1) is 11.6 Å². The lowest BCUT2D eigenvalue weighted by Gasteiger charge is -2.26. The fourth-order valence-corrected chi connectivity index (χ4v) is 1.93. The van der Waals surface area contributed by atoms with Crippen molar-refractivity contribution in [1.82, 2.24) is 4.98 Å². The van der Waals surface area contributed by atoms with Gasteiger partial charge < -0.3 is 10.4 Å². The number of halogens is 2. The van der Waals surface area contributed by atoms with Crippen LogP contribution in [0.4, 0.5) is 14.6 Å². The molecule has 0 spiro atoms. The van der Waals surface area contributed by atoms with Gasteiger partial charge in [0.15, 0.2) is 11.6 Å². The maximum Gasteiger partial charge on any atom is 0.168 e. The first kappa shape index (κ1) is 11.3. The van der Waals surface area contributed by atoms with Crippen molar-refractivity contribution in [2.75, 3.05) is 5.32 Å². The molecule has 0 aromatic carbocycles. The maximum absolute atomic E-state index is 13.3. The van der Waals surface area contributed by atoms with Crippen LogP contribution in [0.15, 0.2) is 12.3 Å². The second-order valence-corrected chi connectivity index (χ2v) is 4.13. The molecular formula is C11H14F2N2O. The predicted octanol–water partition coefficient (Wildman–Crippen LogP) is 2.08. The van der Waals surface area contributed by atoms with Crippen LogP contribution in [0.25, 0.3) is 0 Å². The first-order chi connectivity index (χ1) is 7.65. The number of nitrogens with one attached hydrogen (secondary N) is 1. The number of nitrogens with zero attached hydrogens (tertiary/aromatic N) is 1. The minimum Gasteiger partial charge on any atom is -0.393 e. The number of rotatable bonds is 2. The van der Waals surface area contributed by atoms with Crippen molar-refractivity contribution in [2.45, 2.75) is 37.8 Å². The van der Waals surface area contributed by atoms with Gasteiger partial charge in [-0.15, -0.1) is 0 Å². The third kappa shape index (κ3) is 2.66. The molecule has 0 amide bonds. The Kier molecular flexibility index (Phi) is 3.33. The lowest BCUT2D eigenvalue weighted by Crippen LogP contribution is -2.28. The summed E-state index contributed by atoms with van der Waals surface area (Å²) in [4.78, 5) is 3.67. The van der Waals surface area contributed by atoms with E-state index in [1.807, 2.05) is 0 Å². The summed E-state index contributed by atoms with van der Waals surface area (Å²) in [7, 11) is 0. The molecule has 1 heterocycles. The lowest BCUT2D eigenvalue weighted by atomic mass is 9.93. The Balaban J connectivity index is 1.98. The number of hydrogen-bond donors (Lipinski definition) is 2. The molecule has 0 saturated heterocycles. The third-order valence-electron chi connectivity index (χ3n) is 2.85. The Hall–Kier alpha value is -1.23. The van der Waals surface area contributed by atoms with Crippen molar-refractivity contribution < 1.29 is 13.9 Å². The average Bonchev–Trinajstić information content (AvgIpc) is 2.25. The van der Waals surface area contributed by atoms with E-state index in [-0.39, 0.29) is 18.0 Å². The summed E-state index contributed by atoms with van der Waals surface area (Å²) in [6, 6.07) is 0.920. The fourth-order valence-electron chi connectivity index (χ4n) is 1.93. The Morgan fingerprint density at radius 3 is 2.56 bits per heavy atom. The van der Waals surface area contributed by atoms with Crippen molar-refractivity contribution in [3.63, 3.8) is 0 Å². The van der Waals surface area contributed by atoms with Crippen LogP contribution >= 0.6 is 0 Å². The number of aromatic nitrogens is 1. The molecule has 3 nitrogen and oxygen atoms in total. The van der Waals surface area contributed by atoms with Gasteiger partial charge in [-0.1, -0.05) is 0 Å². The molecule has 0 atom stereocenters. The van der Waals surface area contributed by atoms with Crippen LogP contribution < -0.4 is 5.32 Å². The van der Waals surface area contributed by atoms with Gasteiger partial charge in [0.05, 0.1) is 12.3 Å². The summed E-state index contributed by atoms with van der Waals surface area (Å²) >= 11 is 0. The van der Waals surface area contributed by atoms with Gasteiger partial charge in [-0.05, 0) is 25.7 Å². The average molecular weight is 228 g/mol. The van der Waals surface area contributed by atoms with Gasteiger partial charge >= 0.3 is 0 Å². The Morgan fingerprint density at radius 1 is 1.25 bits per heavy atom. The minimum absolute atomic E-state index is 0.0859. The zero-order valence-corrected chi connectivity index (χ0v) is 8.79. The molecule has 0 bridgehead atoms. The molecule has 1 aliphatic rings. The van der Waals surface area contributed by atoms with Gasteiger partial charge in [0.25, 0.3) is 0 Å². The summed E-state index contributed by atoms with van der Waals surface area (Å²) in [5, 5.41) is 12.2. The Morgan fingerprint density at radius 2 is 1.94 bits per heavy atom. The number of anilines is 1. The summed E-state index contributed by atoms with van der Waals surface area (Å²) in [6.45, 7) is 0. The molecule has 1 aromatic heterocycles. The maximum atomic E-state index is 13.3. The highest BCUT2D eigenvalue weighted by molar-refractivity contribution is 5.37. The van der Waals surface area contributed by atoms with Gasteiger partial charge in [-0.3, -0.25) is 0 Å². The van der Waals surface area contributed by atoms with Gasteiger partial charge in [0, 0.05) is 12.1 Å². The van der Waals surface area contributed by atoms with E-state index in [1.165, 1.54) is 0 Å². The molecule has 1 saturated carbocycles. The van der Waals surface area contributed by atoms with Crippen molar-refractivity contribution >= 4 is 5.82 Å².